The molecule has 10 nitrogen and oxygen atoms in total. The van der Waals surface area contributed by atoms with Gasteiger partial charge in [0.2, 0.25) is 5.95 Å². The van der Waals surface area contributed by atoms with Crippen molar-refractivity contribution in [3.63, 3.8) is 0 Å². The number of imidazole rings is 1. The van der Waals surface area contributed by atoms with Crippen LogP contribution in [0.15, 0.2) is 11.1 Å². The van der Waals surface area contributed by atoms with Crippen LogP contribution in [0.4, 0.5) is 5.95 Å². The topological polar surface area (TPSA) is 149 Å². The zero-order valence-electron chi connectivity index (χ0n) is 11.5. The van der Waals surface area contributed by atoms with Gasteiger partial charge in [0.05, 0.1) is 19.5 Å². The summed E-state index contributed by atoms with van der Waals surface area (Å²) in [7, 11) is 0. The van der Waals surface area contributed by atoms with E-state index in [4.69, 9.17) is 15.2 Å². The maximum Gasteiger partial charge on any atom is 0.280 e. The Balaban J connectivity index is 1.82. The van der Waals surface area contributed by atoms with Crippen molar-refractivity contribution in [2.45, 2.75) is 30.5 Å². The third kappa shape index (κ3) is 1.66. The number of aromatic amines is 1. The summed E-state index contributed by atoms with van der Waals surface area (Å²) >= 11 is 0. The number of aliphatic hydroxyl groups excluding tert-OH is 2. The number of H-pyrrole nitrogens is 1. The summed E-state index contributed by atoms with van der Waals surface area (Å²) in [6.07, 6.45) is -0.693. The molecule has 0 unspecified atom stereocenters. The van der Waals surface area contributed by atoms with Gasteiger partial charge in [0.15, 0.2) is 17.4 Å². The Labute approximate surface area is 123 Å². The van der Waals surface area contributed by atoms with Crippen molar-refractivity contribution in [1.82, 2.24) is 19.5 Å². The number of ether oxygens (including phenoxy) is 2. The standard InChI is InChI=1S/C12H15N5O5/c13-11-15-8-5(9(20)16-11)14-4-17(8)10-6(19)7-12(3-18,22-10)1-2-21-7/h4,6-7,10,18-19H,1-3H2,(H3,13,15,16,20)/t6-,7+,10-,12-/m1/s1. The summed E-state index contributed by atoms with van der Waals surface area (Å²) in [5.74, 6) is -0.0555. The molecule has 4 rings (SSSR count). The zero-order valence-corrected chi connectivity index (χ0v) is 11.5. The van der Waals surface area contributed by atoms with Crippen LogP contribution in [-0.4, -0.2) is 60.8 Å². The summed E-state index contributed by atoms with van der Waals surface area (Å²) in [4.78, 5) is 22.2. The van der Waals surface area contributed by atoms with Crippen LogP contribution in [0.1, 0.15) is 12.6 Å². The van der Waals surface area contributed by atoms with Crippen LogP contribution >= 0.6 is 0 Å². The Kier molecular flexibility index (Phi) is 2.78. The lowest BCUT2D eigenvalue weighted by atomic mass is 9.95. The minimum atomic E-state index is -1.02. The SMILES string of the molecule is Nc1nc2c(ncn2[C@@H]2O[C@@]3(CO)CCO[C@H]3[C@H]2O)c(=O)[nH]1. The number of nitrogens with two attached hydrogens (primary N) is 1. The van der Waals surface area contributed by atoms with Crippen molar-refractivity contribution in [2.24, 2.45) is 0 Å². The fourth-order valence-corrected chi connectivity index (χ4v) is 3.21. The molecule has 0 spiro atoms. The molecule has 2 aromatic rings. The highest BCUT2D eigenvalue weighted by atomic mass is 16.6. The lowest BCUT2D eigenvalue weighted by molar-refractivity contribution is -0.108. The number of fused-ring (bicyclic) bond motifs is 2. The fraction of sp³-hybridized carbons (Fsp3) is 0.583. The van der Waals surface area contributed by atoms with Gasteiger partial charge < -0.3 is 25.4 Å². The lowest BCUT2D eigenvalue weighted by Crippen LogP contribution is -2.42. The van der Waals surface area contributed by atoms with Gasteiger partial charge in [-0.1, -0.05) is 0 Å². The van der Waals surface area contributed by atoms with Gasteiger partial charge in [0.1, 0.15) is 17.8 Å². The van der Waals surface area contributed by atoms with Crippen LogP contribution < -0.4 is 11.3 Å². The van der Waals surface area contributed by atoms with Crippen LogP contribution in [0.5, 0.6) is 0 Å². The second kappa shape index (κ2) is 4.49. The Bertz CT molecular complexity index is 788. The number of anilines is 1. The van der Waals surface area contributed by atoms with Crippen molar-refractivity contribution in [3.8, 4) is 0 Å². The van der Waals surface area contributed by atoms with Crippen LogP contribution in [0.2, 0.25) is 0 Å². The highest BCUT2D eigenvalue weighted by molar-refractivity contribution is 5.70. The summed E-state index contributed by atoms with van der Waals surface area (Å²) in [5, 5.41) is 20.1. The first-order valence-electron chi connectivity index (χ1n) is 6.86. The molecule has 10 heteroatoms. The predicted molar refractivity (Wildman–Crippen MR) is 72.9 cm³/mol. The van der Waals surface area contributed by atoms with Gasteiger partial charge >= 0.3 is 0 Å². The molecule has 4 heterocycles. The van der Waals surface area contributed by atoms with E-state index in [1.165, 1.54) is 10.9 Å². The highest BCUT2D eigenvalue weighted by Gasteiger charge is 2.59. The molecular weight excluding hydrogens is 294 g/mol. The Morgan fingerprint density at radius 3 is 3.14 bits per heavy atom. The molecule has 2 aromatic heterocycles. The highest BCUT2D eigenvalue weighted by Crippen LogP contribution is 2.44. The molecule has 118 valence electrons. The van der Waals surface area contributed by atoms with Gasteiger partial charge in [-0.3, -0.25) is 14.3 Å². The molecule has 2 aliphatic rings. The zero-order chi connectivity index (χ0) is 15.5. The molecule has 0 amide bonds. The van der Waals surface area contributed by atoms with Crippen LogP contribution in [0.25, 0.3) is 11.2 Å². The molecule has 0 saturated carbocycles. The number of aromatic nitrogens is 4. The summed E-state index contributed by atoms with van der Waals surface area (Å²) < 4.78 is 12.8. The summed E-state index contributed by atoms with van der Waals surface area (Å²) in [6, 6.07) is 0. The second-order valence-electron chi connectivity index (χ2n) is 5.54. The van der Waals surface area contributed by atoms with Gasteiger partial charge in [-0.25, -0.2) is 4.98 Å². The van der Waals surface area contributed by atoms with Crippen LogP contribution in [0, 0.1) is 0 Å². The quantitative estimate of drug-likeness (QED) is 0.503. The van der Waals surface area contributed by atoms with Gasteiger partial charge in [-0.2, -0.15) is 4.98 Å². The number of hydrogen-bond donors (Lipinski definition) is 4. The fourth-order valence-electron chi connectivity index (χ4n) is 3.21. The van der Waals surface area contributed by atoms with Gasteiger partial charge in [-0.05, 0) is 0 Å². The van der Waals surface area contributed by atoms with Crippen molar-refractivity contribution in [3.05, 3.63) is 16.7 Å². The third-order valence-electron chi connectivity index (χ3n) is 4.29. The van der Waals surface area contributed by atoms with E-state index in [0.29, 0.717) is 13.0 Å². The molecule has 5 N–H and O–H groups in total. The molecule has 4 atom stereocenters. The normalized spacial score (nSPS) is 34.4. The molecule has 2 saturated heterocycles. The molecule has 0 aliphatic carbocycles. The molecule has 0 bridgehead atoms. The molecule has 0 aromatic carbocycles. The average molecular weight is 309 g/mol. The maximum absolute atomic E-state index is 11.8. The number of nitrogen functional groups attached to an aromatic ring is 1. The second-order valence-corrected chi connectivity index (χ2v) is 5.54. The minimum Gasteiger partial charge on any atom is -0.393 e. The van der Waals surface area contributed by atoms with Gasteiger partial charge in [0.25, 0.3) is 5.56 Å². The van der Waals surface area contributed by atoms with E-state index < -0.39 is 29.6 Å². The number of rotatable bonds is 2. The van der Waals surface area contributed by atoms with Crippen molar-refractivity contribution >= 4 is 17.1 Å². The third-order valence-corrected chi connectivity index (χ3v) is 4.29. The maximum atomic E-state index is 11.8. The minimum absolute atomic E-state index is 0.0555. The monoisotopic (exact) mass is 309 g/mol. The first kappa shape index (κ1) is 13.6. The smallest absolute Gasteiger partial charge is 0.280 e. The largest absolute Gasteiger partial charge is 0.393 e. The molecular formula is C12H15N5O5. The Hall–Kier alpha value is -2.01. The average Bonchev–Trinajstić information content (AvgIpc) is 3.13. The number of nitrogens with zero attached hydrogens (tertiary/aromatic N) is 3. The van der Waals surface area contributed by atoms with E-state index in [1.807, 2.05) is 0 Å². The first-order valence-corrected chi connectivity index (χ1v) is 6.86. The molecule has 2 fully saturated rings. The van der Waals surface area contributed by atoms with E-state index in [9.17, 15) is 15.0 Å². The van der Waals surface area contributed by atoms with Crippen LogP contribution in [0.3, 0.4) is 0 Å². The van der Waals surface area contributed by atoms with E-state index in [-0.39, 0.29) is 23.7 Å². The molecule has 22 heavy (non-hydrogen) atoms. The Morgan fingerprint density at radius 2 is 2.41 bits per heavy atom. The van der Waals surface area contributed by atoms with Crippen molar-refractivity contribution < 1.29 is 19.7 Å². The molecule has 0 radical (unpaired) electrons. The van der Waals surface area contributed by atoms with E-state index >= 15 is 0 Å². The lowest BCUT2D eigenvalue weighted by Gasteiger charge is -2.24. The van der Waals surface area contributed by atoms with Crippen molar-refractivity contribution in [2.75, 3.05) is 18.9 Å². The van der Waals surface area contributed by atoms with E-state index in [2.05, 4.69) is 15.0 Å². The van der Waals surface area contributed by atoms with Gasteiger partial charge in [0, 0.05) is 6.42 Å². The predicted octanol–water partition coefficient (Wildman–Crippen LogP) is -1.89. The number of aliphatic hydroxyl groups is 2. The summed E-state index contributed by atoms with van der Waals surface area (Å²) in [5.41, 5.74) is 4.44. The van der Waals surface area contributed by atoms with E-state index in [1.54, 1.807) is 0 Å². The van der Waals surface area contributed by atoms with Crippen LogP contribution in [-0.2, 0) is 9.47 Å². The van der Waals surface area contributed by atoms with E-state index in [0.717, 1.165) is 0 Å². The van der Waals surface area contributed by atoms with Gasteiger partial charge in [-0.15, -0.1) is 0 Å². The molecule has 2 aliphatic heterocycles. The summed E-state index contributed by atoms with van der Waals surface area (Å²) in [6.45, 7) is 0.137. The number of hydrogen-bond acceptors (Lipinski definition) is 8. The van der Waals surface area contributed by atoms with Crippen molar-refractivity contribution in [1.29, 1.82) is 0 Å². The number of nitrogens with one attached hydrogen (secondary N) is 1. The first-order chi connectivity index (χ1) is 10.6. The Morgan fingerprint density at radius 1 is 1.59 bits per heavy atom.